The third-order valence-electron chi connectivity index (χ3n) is 3.86. The van der Waals surface area contributed by atoms with Gasteiger partial charge in [0.15, 0.2) is 10.9 Å². The number of Topliss-reactive ketones (excluding diaryl/α,β-unsaturated/α-hetero) is 1. The smallest absolute Gasteiger partial charge is 0.261 e. The van der Waals surface area contributed by atoms with Crippen molar-refractivity contribution >= 4 is 45.4 Å². The second-order valence-electron chi connectivity index (χ2n) is 6.77. The molecule has 2 heterocycles. The minimum atomic E-state index is -0.232. The fraction of sp³-hybridized carbons (Fsp3) is 0.412. The highest BCUT2D eigenvalue weighted by molar-refractivity contribution is 7.17. The van der Waals surface area contributed by atoms with Crippen molar-refractivity contribution < 1.29 is 14.4 Å². The van der Waals surface area contributed by atoms with Crippen LogP contribution in [-0.2, 0) is 11.2 Å². The Morgan fingerprint density at radius 2 is 2.12 bits per heavy atom. The number of fused-ring (bicyclic) bond motifs is 1. The zero-order valence-electron chi connectivity index (χ0n) is 14.0. The molecule has 1 aliphatic rings. The monoisotopic (exact) mass is 377 g/mol. The summed E-state index contributed by atoms with van der Waals surface area (Å²) in [5.74, 6) is -0.322. The van der Waals surface area contributed by atoms with Gasteiger partial charge in [-0.2, -0.15) is 0 Å². The summed E-state index contributed by atoms with van der Waals surface area (Å²) >= 11 is 2.59. The van der Waals surface area contributed by atoms with E-state index >= 15 is 0 Å². The number of carbonyl (C=O) groups is 3. The van der Waals surface area contributed by atoms with E-state index in [-0.39, 0.29) is 36.0 Å². The molecule has 25 heavy (non-hydrogen) atoms. The molecule has 2 aromatic rings. The molecular weight excluding hydrogens is 358 g/mol. The quantitative estimate of drug-likeness (QED) is 0.838. The molecular formula is C17H19N3O3S2. The van der Waals surface area contributed by atoms with Crippen molar-refractivity contribution in [2.45, 2.75) is 33.1 Å². The van der Waals surface area contributed by atoms with E-state index in [1.165, 1.54) is 22.7 Å². The molecule has 8 heteroatoms. The number of carbonyl (C=O) groups excluding carboxylic acids is 3. The van der Waals surface area contributed by atoms with Crippen LogP contribution in [0.15, 0.2) is 17.5 Å². The van der Waals surface area contributed by atoms with Gasteiger partial charge < -0.3 is 10.6 Å². The van der Waals surface area contributed by atoms with Gasteiger partial charge >= 0.3 is 0 Å². The van der Waals surface area contributed by atoms with Crippen molar-refractivity contribution in [3.05, 3.63) is 33.0 Å². The number of hydrogen-bond donors (Lipinski definition) is 2. The number of thiophene rings is 1. The molecule has 132 valence electrons. The average molecular weight is 377 g/mol. The van der Waals surface area contributed by atoms with Crippen LogP contribution >= 0.6 is 22.7 Å². The zero-order valence-corrected chi connectivity index (χ0v) is 15.7. The van der Waals surface area contributed by atoms with Gasteiger partial charge in [0, 0.05) is 19.4 Å². The average Bonchev–Trinajstić information content (AvgIpc) is 3.15. The van der Waals surface area contributed by atoms with Gasteiger partial charge in [0.1, 0.15) is 0 Å². The van der Waals surface area contributed by atoms with Gasteiger partial charge in [0.2, 0.25) is 5.91 Å². The molecule has 0 saturated heterocycles. The van der Waals surface area contributed by atoms with Crippen LogP contribution in [0.4, 0.5) is 5.13 Å². The lowest BCUT2D eigenvalue weighted by atomic mass is 9.78. The molecule has 0 bridgehead atoms. The Hall–Kier alpha value is -2.06. The highest BCUT2D eigenvalue weighted by Gasteiger charge is 2.34. The van der Waals surface area contributed by atoms with Crippen molar-refractivity contribution in [3.8, 4) is 0 Å². The van der Waals surface area contributed by atoms with Gasteiger partial charge in [-0.05, 0) is 23.3 Å². The number of hydrogen-bond acceptors (Lipinski definition) is 6. The first-order valence-corrected chi connectivity index (χ1v) is 9.68. The summed E-state index contributed by atoms with van der Waals surface area (Å²) in [5, 5.41) is 7.71. The van der Waals surface area contributed by atoms with E-state index in [1.54, 1.807) is 12.1 Å². The predicted molar refractivity (Wildman–Crippen MR) is 98.4 cm³/mol. The van der Waals surface area contributed by atoms with E-state index in [0.29, 0.717) is 21.3 Å². The van der Waals surface area contributed by atoms with Gasteiger partial charge in [-0.15, -0.1) is 11.3 Å². The molecule has 3 rings (SSSR count). The van der Waals surface area contributed by atoms with Gasteiger partial charge in [-0.1, -0.05) is 31.3 Å². The summed E-state index contributed by atoms with van der Waals surface area (Å²) in [6.45, 7) is 4.34. The van der Waals surface area contributed by atoms with Gasteiger partial charge in [-0.25, -0.2) is 4.98 Å². The van der Waals surface area contributed by atoms with Crippen LogP contribution in [0.25, 0.3) is 0 Å². The van der Waals surface area contributed by atoms with E-state index in [4.69, 9.17) is 0 Å². The van der Waals surface area contributed by atoms with Crippen LogP contribution in [0.5, 0.6) is 0 Å². The first kappa shape index (κ1) is 17.8. The molecule has 0 radical (unpaired) electrons. The predicted octanol–water partition coefficient (Wildman–Crippen LogP) is 3.12. The molecule has 0 atom stereocenters. The number of anilines is 1. The first-order chi connectivity index (χ1) is 11.8. The molecule has 2 N–H and O–H groups in total. The van der Waals surface area contributed by atoms with Crippen LogP contribution < -0.4 is 10.6 Å². The molecule has 6 nitrogen and oxygen atoms in total. The molecule has 0 fully saturated rings. The second kappa shape index (κ2) is 7.05. The van der Waals surface area contributed by atoms with Crippen LogP contribution in [0.3, 0.4) is 0 Å². The maximum Gasteiger partial charge on any atom is 0.261 e. The molecule has 2 aromatic heterocycles. The van der Waals surface area contributed by atoms with Crippen LogP contribution in [0, 0.1) is 5.41 Å². The van der Waals surface area contributed by atoms with Crippen molar-refractivity contribution in [2.24, 2.45) is 5.41 Å². The Balaban J connectivity index is 1.52. The minimum Gasteiger partial charge on any atom is -0.351 e. The van der Waals surface area contributed by atoms with E-state index in [1.807, 2.05) is 19.2 Å². The maximum atomic E-state index is 12.2. The van der Waals surface area contributed by atoms with Gasteiger partial charge in [0.05, 0.1) is 15.4 Å². The largest absolute Gasteiger partial charge is 0.351 e. The number of nitrogens with zero attached hydrogens (tertiary/aromatic N) is 1. The Labute approximate surface area is 153 Å². The van der Waals surface area contributed by atoms with Crippen molar-refractivity contribution in [1.29, 1.82) is 0 Å². The van der Waals surface area contributed by atoms with Crippen LogP contribution in [-0.4, -0.2) is 29.1 Å². The van der Waals surface area contributed by atoms with Gasteiger partial charge in [0.25, 0.3) is 5.91 Å². The molecule has 0 aliphatic heterocycles. The van der Waals surface area contributed by atoms with E-state index in [0.717, 1.165) is 12.1 Å². The van der Waals surface area contributed by atoms with E-state index in [9.17, 15) is 14.4 Å². The van der Waals surface area contributed by atoms with Crippen LogP contribution in [0.2, 0.25) is 0 Å². The summed E-state index contributed by atoms with van der Waals surface area (Å²) in [7, 11) is 0. The lowest BCUT2D eigenvalue weighted by Gasteiger charge is -2.26. The SMILES string of the molecule is CC1(C)CC(=O)c2sc(NC(=O)CCNC(=O)c3cccs3)nc2C1. The third-order valence-corrected chi connectivity index (χ3v) is 5.79. The number of rotatable bonds is 5. The van der Waals surface area contributed by atoms with E-state index in [2.05, 4.69) is 15.6 Å². The standard InChI is InChI=1S/C17H19N3O3S2/c1-17(2)8-10-14(11(21)9-17)25-16(19-10)20-13(22)5-6-18-15(23)12-4-3-7-24-12/h3-4,7H,5-6,8-9H2,1-2H3,(H,18,23)(H,19,20,22). The molecule has 0 spiro atoms. The first-order valence-electron chi connectivity index (χ1n) is 7.98. The number of ketones is 1. The zero-order chi connectivity index (χ0) is 18.0. The number of amides is 2. The normalized spacial score (nSPS) is 15.5. The lowest BCUT2D eigenvalue weighted by molar-refractivity contribution is -0.116. The van der Waals surface area contributed by atoms with E-state index < -0.39 is 0 Å². The molecule has 0 unspecified atom stereocenters. The Kier molecular flexibility index (Phi) is 5.01. The Bertz CT molecular complexity index is 809. The Morgan fingerprint density at radius 1 is 1.32 bits per heavy atom. The van der Waals surface area contributed by atoms with Gasteiger partial charge in [-0.3, -0.25) is 14.4 Å². The van der Waals surface area contributed by atoms with Crippen molar-refractivity contribution in [3.63, 3.8) is 0 Å². The summed E-state index contributed by atoms with van der Waals surface area (Å²) < 4.78 is 0. The molecule has 0 aromatic carbocycles. The highest BCUT2D eigenvalue weighted by Crippen LogP contribution is 2.38. The lowest BCUT2D eigenvalue weighted by Crippen LogP contribution is -2.27. The molecule has 2 amide bonds. The summed E-state index contributed by atoms with van der Waals surface area (Å²) in [4.78, 5) is 41.7. The second-order valence-corrected chi connectivity index (χ2v) is 8.71. The fourth-order valence-corrected chi connectivity index (χ4v) is 4.32. The summed E-state index contributed by atoms with van der Waals surface area (Å²) in [6, 6.07) is 3.54. The Morgan fingerprint density at radius 3 is 2.84 bits per heavy atom. The third kappa shape index (κ3) is 4.32. The summed E-state index contributed by atoms with van der Waals surface area (Å²) in [6.07, 6.45) is 1.39. The minimum absolute atomic E-state index is 0.0902. The maximum absolute atomic E-state index is 12.2. The topological polar surface area (TPSA) is 88.2 Å². The highest BCUT2D eigenvalue weighted by atomic mass is 32.1. The molecule has 0 saturated carbocycles. The number of thiazole rings is 1. The summed E-state index contributed by atoms with van der Waals surface area (Å²) in [5.41, 5.74) is 0.679. The van der Waals surface area contributed by atoms with Crippen LogP contribution in [0.1, 0.15) is 51.7 Å². The number of nitrogens with one attached hydrogen (secondary N) is 2. The number of aromatic nitrogens is 1. The fourth-order valence-electron chi connectivity index (χ4n) is 2.74. The van der Waals surface area contributed by atoms with Crippen molar-refractivity contribution in [1.82, 2.24) is 10.3 Å². The molecule has 1 aliphatic carbocycles. The van der Waals surface area contributed by atoms with Crippen molar-refractivity contribution in [2.75, 3.05) is 11.9 Å².